The zero-order valence-corrected chi connectivity index (χ0v) is 11.0. The van der Waals surface area contributed by atoms with E-state index in [9.17, 15) is 9.18 Å². The third-order valence-corrected chi connectivity index (χ3v) is 3.80. The molecule has 1 N–H and O–H groups in total. The summed E-state index contributed by atoms with van der Waals surface area (Å²) < 4.78 is 19.3. The van der Waals surface area contributed by atoms with Gasteiger partial charge in [-0.25, -0.2) is 4.39 Å². The minimum absolute atomic E-state index is 0.0563. The number of carboxylic acid groups (broad SMARTS) is 1. The molecule has 0 amide bonds. The van der Waals surface area contributed by atoms with E-state index in [2.05, 4.69) is 10.2 Å². The molecule has 2 aromatic heterocycles. The normalized spacial score (nSPS) is 11.1. The van der Waals surface area contributed by atoms with E-state index in [0.29, 0.717) is 5.89 Å². The van der Waals surface area contributed by atoms with E-state index in [1.165, 1.54) is 23.5 Å². The maximum Gasteiger partial charge on any atom is 0.303 e. The Morgan fingerprint density at radius 3 is 3.00 bits per heavy atom. The van der Waals surface area contributed by atoms with E-state index in [1.807, 2.05) is 6.07 Å². The van der Waals surface area contributed by atoms with E-state index >= 15 is 0 Å². The predicted molar refractivity (Wildman–Crippen MR) is 71.0 cm³/mol. The van der Waals surface area contributed by atoms with Crippen molar-refractivity contribution in [3.8, 4) is 10.8 Å². The van der Waals surface area contributed by atoms with Crippen LogP contribution in [0.5, 0.6) is 0 Å². The molecule has 0 saturated carbocycles. The molecule has 0 aliphatic rings. The second-order valence-electron chi connectivity index (χ2n) is 4.19. The number of aromatic nitrogens is 2. The van der Waals surface area contributed by atoms with Crippen LogP contribution in [0.15, 0.2) is 28.7 Å². The molecule has 0 bridgehead atoms. The topological polar surface area (TPSA) is 76.2 Å². The van der Waals surface area contributed by atoms with Crippen LogP contribution in [0.2, 0.25) is 0 Å². The van der Waals surface area contributed by atoms with Crippen LogP contribution in [0, 0.1) is 5.82 Å². The second kappa shape index (κ2) is 5.01. The van der Waals surface area contributed by atoms with Crippen LogP contribution in [0.3, 0.4) is 0 Å². The van der Waals surface area contributed by atoms with E-state index < -0.39 is 5.97 Å². The quantitative estimate of drug-likeness (QED) is 0.799. The highest BCUT2D eigenvalue weighted by Crippen LogP contribution is 2.33. The monoisotopic (exact) mass is 292 g/mol. The number of aliphatic carboxylic acids is 1. The van der Waals surface area contributed by atoms with Crippen LogP contribution in [-0.2, 0) is 11.2 Å². The van der Waals surface area contributed by atoms with Crippen LogP contribution >= 0.6 is 11.3 Å². The first-order valence-electron chi connectivity index (χ1n) is 5.85. The molecule has 0 fully saturated rings. The minimum Gasteiger partial charge on any atom is -0.481 e. The molecule has 0 atom stereocenters. The molecule has 0 aliphatic heterocycles. The Morgan fingerprint density at radius 1 is 1.35 bits per heavy atom. The summed E-state index contributed by atoms with van der Waals surface area (Å²) in [6, 6.07) is 6.37. The van der Waals surface area contributed by atoms with Gasteiger partial charge in [0, 0.05) is 11.1 Å². The van der Waals surface area contributed by atoms with Gasteiger partial charge in [0.05, 0.1) is 11.3 Å². The van der Waals surface area contributed by atoms with E-state index in [1.54, 1.807) is 6.07 Å². The zero-order valence-electron chi connectivity index (χ0n) is 10.2. The van der Waals surface area contributed by atoms with Crippen LogP contribution < -0.4 is 0 Å². The largest absolute Gasteiger partial charge is 0.481 e. The molecule has 0 aliphatic carbocycles. The third-order valence-electron chi connectivity index (χ3n) is 2.71. The van der Waals surface area contributed by atoms with Crippen molar-refractivity contribution in [2.24, 2.45) is 0 Å². The first-order chi connectivity index (χ1) is 9.61. The highest BCUT2D eigenvalue weighted by Gasteiger charge is 2.13. The number of hydrogen-bond acceptors (Lipinski definition) is 5. The number of nitrogens with zero attached hydrogens (tertiary/aromatic N) is 2. The fourth-order valence-corrected chi connectivity index (χ4v) is 2.79. The van der Waals surface area contributed by atoms with Gasteiger partial charge in [0.1, 0.15) is 5.82 Å². The van der Waals surface area contributed by atoms with Gasteiger partial charge in [-0.2, -0.15) is 0 Å². The third kappa shape index (κ3) is 2.53. The fraction of sp³-hybridized carbons (Fsp3) is 0.154. The average Bonchev–Trinajstić information content (AvgIpc) is 3.01. The Labute approximate surface area is 116 Å². The standard InChI is InChI=1S/C13H9FN2O3S/c14-8-2-1-7-5-10(20-9(7)6-8)13-16-15-11(19-13)3-4-12(17)18/h1-2,5-6H,3-4H2,(H,17,18). The summed E-state index contributed by atoms with van der Waals surface area (Å²) in [6.07, 6.45) is 0.140. The smallest absolute Gasteiger partial charge is 0.303 e. The lowest BCUT2D eigenvalue weighted by molar-refractivity contribution is -0.137. The van der Waals surface area contributed by atoms with Crippen LogP contribution in [0.25, 0.3) is 20.9 Å². The van der Waals surface area contributed by atoms with Crippen molar-refractivity contribution in [3.63, 3.8) is 0 Å². The molecular weight excluding hydrogens is 283 g/mol. The Morgan fingerprint density at radius 2 is 2.20 bits per heavy atom. The van der Waals surface area contributed by atoms with Crippen LogP contribution in [0.4, 0.5) is 4.39 Å². The van der Waals surface area contributed by atoms with E-state index in [0.717, 1.165) is 15.0 Å². The van der Waals surface area contributed by atoms with Gasteiger partial charge in [-0.3, -0.25) is 4.79 Å². The summed E-state index contributed by atoms with van der Waals surface area (Å²) in [4.78, 5) is 11.2. The number of hydrogen-bond donors (Lipinski definition) is 1. The number of rotatable bonds is 4. The minimum atomic E-state index is -0.915. The van der Waals surface area contributed by atoms with E-state index in [-0.39, 0.29) is 24.5 Å². The number of halogens is 1. The van der Waals surface area contributed by atoms with Gasteiger partial charge in [0.15, 0.2) is 0 Å². The van der Waals surface area contributed by atoms with Gasteiger partial charge in [0.2, 0.25) is 5.89 Å². The molecular formula is C13H9FN2O3S. The molecule has 3 aromatic rings. The predicted octanol–water partition coefficient (Wildman–Crippen LogP) is 3.11. The average molecular weight is 292 g/mol. The molecule has 102 valence electrons. The number of carbonyl (C=O) groups is 1. The van der Waals surface area contributed by atoms with Gasteiger partial charge in [0.25, 0.3) is 5.89 Å². The lowest BCUT2D eigenvalue weighted by atomic mass is 10.2. The Bertz CT molecular complexity index is 781. The fourth-order valence-electron chi connectivity index (χ4n) is 1.78. The molecule has 0 spiro atoms. The number of aryl methyl sites for hydroxylation is 1. The SMILES string of the molecule is O=C(O)CCc1nnc(-c2cc3ccc(F)cc3s2)o1. The molecule has 0 saturated heterocycles. The van der Waals surface area contributed by atoms with Crippen LogP contribution in [-0.4, -0.2) is 21.3 Å². The summed E-state index contributed by atoms with van der Waals surface area (Å²) >= 11 is 1.35. The Hall–Kier alpha value is -2.28. The molecule has 7 heteroatoms. The van der Waals surface area contributed by atoms with E-state index in [4.69, 9.17) is 9.52 Å². The van der Waals surface area contributed by atoms with Crippen molar-refractivity contribution in [1.82, 2.24) is 10.2 Å². The molecule has 2 heterocycles. The molecule has 5 nitrogen and oxygen atoms in total. The van der Waals surface area contributed by atoms with Crippen molar-refractivity contribution in [3.05, 3.63) is 36.0 Å². The molecule has 1 aromatic carbocycles. The molecule has 0 unspecified atom stereocenters. The van der Waals surface area contributed by atoms with Gasteiger partial charge in [-0.1, -0.05) is 6.07 Å². The number of carboxylic acids is 1. The van der Waals surface area contributed by atoms with Crippen molar-refractivity contribution in [2.45, 2.75) is 12.8 Å². The highest BCUT2D eigenvalue weighted by atomic mass is 32.1. The number of benzene rings is 1. The van der Waals surface area contributed by atoms with Crippen LogP contribution in [0.1, 0.15) is 12.3 Å². The Balaban J connectivity index is 1.89. The number of fused-ring (bicyclic) bond motifs is 1. The molecule has 3 rings (SSSR count). The first kappa shape index (κ1) is 12.7. The summed E-state index contributed by atoms with van der Waals surface area (Å²) in [5.41, 5.74) is 0. The zero-order chi connectivity index (χ0) is 14.1. The van der Waals surface area contributed by atoms with Gasteiger partial charge in [-0.05, 0) is 23.6 Å². The summed E-state index contributed by atoms with van der Waals surface area (Å²) in [5, 5.41) is 17.2. The maximum absolute atomic E-state index is 13.1. The summed E-state index contributed by atoms with van der Waals surface area (Å²) in [7, 11) is 0. The van der Waals surface area contributed by atoms with Crippen molar-refractivity contribution in [1.29, 1.82) is 0 Å². The molecule has 20 heavy (non-hydrogen) atoms. The van der Waals surface area contributed by atoms with Crippen molar-refractivity contribution >= 4 is 27.4 Å². The summed E-state index contributed by atoms with van der Waals surface area (Å²) in [6.45, 7) is 0. The maximum atomic E-state index is 13.1. The number of thiophene rings is 1. The Kier molecular flexibility index (Phi) is 3.19. The lowest BCUT2D eigenvalue weighted by Gasteiger charge is -1.89. The van der Waals surface area contributed by atoms with Gasteiger partial charge < -0.3 is 9.52 Å². The summed E-state index contributed by atoms with van der Waals surface area (Å²) in [5.74, 6) is -0.598. The van der Waals surface area contributed by atoms with Crippen molar-refractivity contribution in [2.75, 3.05) is 0 Å². The molecule has 0 radical (unpaired) electrons. The van der Waals surface area contributed by atoms with Gasteiger partial charge >= 0.3 is 5.97 Å². The van der Waals surface area contributed by atoms with Gasteiger partial charge in [-0.15, -0.1) is 21.5 Å². The van der Waals surface area contributed by atoms with Crippen molar-refractivity contribution < 1.29 is 18.7 Å². The second-order valence-corrected chi connectivity index (χ2v) is 5.27. The first-order valence-corrected chi connectivity index (χ1v) is 6.67. The lowest BCUT2D eigenvalue weighted by Crippen LogP contribution is -1.97. The highest BCUT2D eigenvalue weighted by molar-refractivity contribution is 7.22.